The molecule has 2 atom stereocenters. The highest BCUT2D eigenvalue weighted by atomic mass is 32.1. The Kier molecular flexibility index (Phi) is 2.93. The predicted molar refractivity (Wildman–Crippen MR) is 80.9 cm³/mol. The monoisotopic (exact) mass is 273 g/mol. The molecule has 1 aromatic carbocycles. The SMILES string of the molecule is c1ccc2sc(NC3CCN4CCCC4C3)nc2c1. The second kappa shape index (κ2) is 4.76. The lowest BCUT2D eigenvalue weighted by Gasteiger charge is -2.35. The highest BCUT2D eigenvalue weighted by Gasteiger charge is 2.31. The van der Waals surface area contributed by atoms with E-state index in [1.165, 1.54) is 43.5 Å². The van der Waals surface area contributed by atoms with Crippen molar-refractivity contribution in [2.45, 2.75) is 37.8 Å². The molecule has 2 fully saturated rings. The zero-order valence-electron chi connectivity index (χ0n) is 11.0. The number of rotatable bonds is 2. The van der Waals surface area contributed by atoms with Gasteiger partial charge in [-0.25, -0.2) is 4.98 Å². The van der Waals surface area contributed by atoms with Gasteiger partial charge in [-0.2, -0.15) is 0 Å². The summed E-state index contributed by atoms with van der Waals surface area (Å²) in [6.07, 6.45) is 5.32. The minimum Gasteiger partial charge on any atom is -0.359 e. The molecule has 3 heterocycles. The Hall–Kier alpha value is -1.13. The largest absolute Gasteiger partial charge is 0.359 e. The van der Waals surface area contributed by atoms with Crippen molar-refractivity contribution in [3.05, 3.63) is 24.3 Å². The van der Waals surface area contributed by atoms with Gasteiger partial charge in [-0.3, -0.25) is 0 Å². The highest BCUT2D eigenvalue weighted by Crippen LogP contribution is 2.31. The van der Waals surface area contributed by atoms with Crippen molar-refractivity contribution in [3.8, 4) is 0 Å². The quantitative estimate of drug-likeness (QED) is 0.909. The Morgan fingerprint density at radius 1 is 1.21 bits per heavy atom. The van der Waals surface area contributed by atoms with Crippen LogP contribution >= 0.6 is 11.3 Å². The highest BCUT2D eigenvalue weighted by molar-refractivity contribution is 7.22. The normalized spacial score (nSPS) is 27.6. The minimum atomic E-state index is 0.611. The third kappa shape index (κ3) is 2.23. The summed E-state index contributed by atoms with van der Waals surface area (Å²) in [5, 5.41) is 4.76. The third-order valence-corrected chi connectivity index (χ3v) is 5.41. The lowest BCUT2D eigenvalue weighted by molar-refractivity contribution is 0.188. The number of thiazole rings is 1. The van der Waals surface area contributed by atoms with Crippen LogP contribution in [0.25, 0.3) is 10.2 Å². The number of anilines is 1. The number of aromatic nitrogens is 1. The van der Waals surface area contributed by atoms with Gasteiger partial charge in [0.25, 0.3) is 0 Å². The van der Waals surface area contributed by atoms with E-state index in [4.69, 9.17) is 0 Å². The number of benzene rings is 1. The van der Waals surface area contributed by atoms with Crippen LogP contribution in [0.5, 0.6) is 0 Å². The van der Waals surface area contributed by atoms with Crippen LogP contribution in [0.3, 0.4) is 0 Å². The average Bonchev–Trinajstić information content (AvgIpc) is 3.03. The lowest BCUT2D eigenvalue weighted by Crippen LogP contribution is -2.42. The predicted octanol–water partition coefficient (Wildman–Crippen LogP) is 3.34. The number of fused-ring (bicyclic) bond motifs is 2. The molecular weight excluding hydrogens is 254 g/mol. The van der Waals surface area contributed by atoms with E-state index in [-0.39, 0.29) is 0 Å². The van der Waals surface area contributed by atoms with Crippen molar-refractivity contribution >= 4 is 26.7 Å². The Morgan fingerprint density at radius 3 is 3.11 bits per heavy atom. The zero-order valence-corrected chi connectivity index (χ0v) is 11.8. The Balaban J connectivity index is 1.48. The first-order chi connectivity index (χ1) is 9.38. The van der Waals surface area contributed by atoms with Crippen LogP contribution in [0, 0.1) is 0 Å². The number of nitrogens with zero attached hydrogens (tertiary/aromatic N) is 2. The van der Waals surface area contributed by atoms with E-state index in [2.05, 4.69) is 39.5 Å². The molecule has 19 heavy (non-hydrogen) atoms. The molecule has 3 nitrogen and oxygen atoms in total. The summed E-state index contributed by atoms with van der Waals surface area (Å²) >= 11 is 1.78. The minimum absolute atomic E-state index is 0.611. The number of hydrogen-bond donors (Lipinski definition) is 1. The second-order valence-corrected chi connectivity index (χ2v) is 6.72. The first kappa shape index (κ1) is 11.7. The molecule has 0 saturated carbocycles. The molecule has 100 valence electrons. The smallest absolute Gasteiger partial charge is 0.184 e. The Labute approximate surface area is 117 Å². The van der Waals surface area contributed by atoms with Gasteiger partial charge < -0.3 is 10.2 Å². The summed E-state index contributed by atoms with van der Waals surface area (Å²) in [5.41, 5.74) is 1.12. The molecule has 0 spiro atoms. The molecule has 0 amide bonds. The molecule has 0 bridgehead atoms. The standard InChI is InChI=1S/C15H19N3S/c1-2-6-14-13(5-1)17-15(19-14)16-11-7-9-18-8-3-4-12(18)10-11/h1-2,5-6,11-12H,3-4,7-10H2,(H,16,17). The summed E-state index contributed by atoms with van der Waals surface area (Å²) in [6.45, 7) is 2.58. The maximum absolute atomic E-state index is 4.69. The van der Waals surface area contributed by atoms with Gasteiger partial charge in [0, 0.05) is 18.6 Å². The third-order valence-electron chi connectivity index (χ3n) is 4.44. The van der Waals surface area contributed by atoms with Crippen molar-refractivity contribution in [1.29, 1.82) is 0 Å². The molecule has 2 saturated heterocycles. The van der Waals surface area contributed by atoms with E-state index < -0.39 is 0 Å². The van der Waals surface area contributed by atoms with Crippen molar-refractivity contribution < 1.29 is 0 Å². The first-order valence-corrected chi connectivity index (χ1v) is 8.06. The number of hydrogen-bond acceptors (Lipinski definition) is 4. The fourth-order valence-corrected chi connectivity index (χ4v) is 4.41. The van der Waals surface area contributed by atoms with Gasteiger partial charge in [-0.05, 0) is 44.4 Å². The van der Waals surface area contributed by atoms with E-state index in [9.17, 15) is 0 Å². The van der Waals surface area contributed by atoms with Gasteiger partial charge in [0.05, 0.1) is 10.2 Å². The maximum atomic E-state index is 4.69. The molecule has 0 aliphatic carbocycles. The number of para-hydroxylation sites is 1. The summed E-state index contributed by atoms with van der Waals surface area (Å²) in [6, 6.07) is 9.82. The van der Waals surface area contributed by atoms with Gasteiger partial charge in [0.2, 0.25) is 0 Å². The van der Waals surface area contributed by atoms with Gasteiger partial charge >= 0.3 is 0 Å². The summed E-state index contributed by atoms with van der Waals surface area (Å²) in [5.74, 6) is 0. The van der Waals surface area contributed by atoms with Crippen LogP contribution in [0.4, 0.5) is 5.13 Å². The fraction of sp³-hybridized carbons (Fsp3) is 0.533. The topological polar surface area (TPSA) is 28.2 Å². The second-order valence-electron chi connectivity index (χ2n) is 5.68. The van der Waals surface area contributed by atoms with Crippen LogP contribution in [0.2, 0.25) is 0 Å². The molecule has 4 heteroatoms. The van der Waals surface area contributed by atoms with Crippen LogP contribution in [-0.2, 0) is 0 Å². The van der Waals surface area contributed by atoms with Crippen LogP contribution < -0.4 is 5.32 Å². The Morgan fingerprint density at radius 2 is 2.16 bits per heavy atom. The van der Waals surface area contributed by atoms with Gasteiger partial charge in [-0.1, -0.05) is 23.5 Å². The Bertz CT molecular complexity index is 547. The van der Waals surface area contributed by atoms with E-state index in [1.54, 1.807) is 11.3 Å². The van der Waals surface area contributed by atoms with Gasteiger partial charge in [0.15, 0.2) is 5.13 Å². The van der Waals surface area contributed by atoms with Gasteiger partial charge in [-0.15, -0.1) is 0 Å². The molecule has 0 radical (unpaired) electrons. The van der Waals surface area contributed by atoms with E-state index in [0.717, 1.165) is 16.7 Å². The molecule has 2 aromatic rings. The lowest BCUT2D eigenvalue weighted by atomic mass is 9.98. The number of piperidine rings is 1. The van der Waals surface area contributed by atoms with Crippen LogP contribution in [0.15, 0.2) is 24.3 Å². The molecule has 1 aromatic heterocycles. The van der Waals surface area contributed by atoms with Crippen LogP contribution in [0.1, 0.15) is 25.7 Å². The van der Waals surface area contributed by atoms with Crippen LogP contribution in [-0.4, -0.2) is 35.1 Å². The van der Waals surface area contributed by atoms with E-state index in [0.29, 0.717) is 6.04 Å². The molecule has 2 aliphatic rings. The van der Waals surface area contributed by atoms with E-state index in [1.807, 2.05) is 0 Å². The molecule has 2 aliphatic heterocycles. The summed E-state index contributed by atoms with van der Waals surface area (Å²) < 4.78 is 1.28. The van der Waals surface area contributed by atoms with Crippen molar-refractivity contribution in [2.24, 2.45) is 0 Å². The zero-order chi connectivity index (χ0) is 12.7. The number of nitrogens with one attached hydrogen (secondary N) is 1. The molecule has 2 unspecified atom stereocenters. The van der Waals surface area contributed by atoms with Gasteiger partial charge in [0.1, 0.15) is 0 Å². The van der Waals surface area contributed by atoms with Crippen molar-refractivity contribution in [1.82, 2.24) is 9.88 Å². The van der Waals surface area contributed by atoms with Crippen molar-refractivity contribution in [3.63, 3.8) is 0 Å². The van der Waals surface area contributed by atoms with Crippen molar-refractivity contribution in [2.75, 3.05) is 18.4 Å². The maximum Gasteiger partial charge on any atom is 0.184 e. The van der Waals surface area contributed by atoms with E-state index >= 15 is 0 Å². The summed E-state index contributed by atoms with van der Waals surface area (Å²) in [4.78, 5) is 7.35. The molecule has 1 N–H and O–H groups in total. The average molecular weight is 273 g/mol. The molecular formula is C15H19N3S. The first-order valence-electron chi connectivity index (χ1n) is 7.25. The summed E-state index contributed by atoms with van der Waals surface area (Å²) in [7, 11) is 0. The molecule has 4 rings (SSSR count). The fourth-order valence-electron chi connectivity index (χ4n) is 3.46.